The van der Waals surface area contributed by atoms with Crippen LogP contribution in [0.2, 0.25) is 0 Å². The Kier molecular flexibility index (Phi) is 7.84. The van der Waals surface area contributed by atoms with Crippen LogP contribution in [0.1, 0.15) is 11.1 Å². The summed E-state index contributed by atoms with van der Waals surface area (Å²) < 4.78 is 5.03. The van der Waals surface area contributed by atoms with Crippen molar-refractivity contribution in [2.24, 2.45) is 0 Å². The van der Waals surface area contributed by atoms with Crippen molar-refractivity contribution in [3.8, 4) is 0 Å². The number of hydrogen-bond acceptors (Lipinski definition) is 4. The van der Waals surface area contributed by atoms with Crippen molar-refractivity contribution in [1.82, 2.24) is 15.5 Å². The fourth-order valence-corrected chi connectivity index (χ4v) is 2.21. The molecule has 3 amide bonds. The SMILES string of the molecule is CN(CC(=O)NCc1ccccc1)C(=O)CNC(=O)OCc1ccccc1. The normalized spacial score (nSPS) is 9.96. The third-order valence-corrected chi connectivity index (χ3v) is 3.74. The number of alkyl carbamates (subject to hydrolysis) is 1. The molecule has 0 radical (unpaired) electrons. The quantitative estimate of drug-likeness (QED) is 0.741. The van der Waals surface area contributed by atoms with E-state index in [2.05, 4.69) is 10.6 Å². The molecule has 2 aromatic rings. The molecule has 2 aromatic carbocycles. The Morgan fingerprint density at radius 1 is 0.889 bits per heavy atom. The molecule has 0 aliphatic heterocycles. The highest BCUT2D eigenvalue weighted by Crippen LogP contribution is 2.00. The first-order valence-electron chi connectivity index (χ1n) is 8.53. The van der Waals surface area contributed by atoms with Gasteiger partial charge in [0.15, 0.2) is 0 Å². The number of nitrogens with zero attached hydrogens (tertiary/aromatic N) is 1. The summed E-state index contributed by atoms with van der Waals surface area (Å²) in [6, 6.07) is 18.7. The summed E-state index contributed by atoms with van der Waals surface area (Å²) in [7, 11) is 1.50. The maximum absolute atomic E-state index is 12.0. The zero-order valence-corrected chi connectivity index (χ0v) is 15.2. The van der Waals surface area contributed by atoms with Crippen molar-refractivity contribution < 1.29 is 19.1 Å². The van der Waals surface area contributed by atoms with Crippen LogP contribution in [0.15, 0.2) is 60.7 Å². The van der Waals surface area contributed by atoms with E-state index in [1.165, 1.54) is 11.9 Å². The van der Waals surface area contributed by atoms with Crippen LogP contribution in [-0.4, -0.2) is 42.9 Å². The molecular formula is C20H23N3O4. The highest BCUT2D eigenvalue weighted by atomic mass is 16.5. The second-order valence-electron chi connectivity index (χ2n) is 5.93. The predicted octanol–water partition coefficient (Wildman–Crippen LogP) is 1.69. The van der Waals surface area contributed by atoms with E-state index in [0.717, 1.165) is 11.1 Å². The summed E-state index contributed by atoms with van der Waals surface area (Å²) in [5.74, 6) is -0.664. The lowest BCUT2D eigenvalue weighted by Gasteiger charge is -2.17. The Morgan fingerprint density at radius 2 is 1.48 bits per heavy atom. The lowest BCUT2D eigenvalue weighted by Crippen LogP contribution is -2.43. The van der Waals surface area contributed by atoms with Gasteiger partial charge in [-0.15, -0.1) is 0 Å². The Bertz CT molecular complexity index is 750. The molecule has 7 nitrogen and oxygen atoms in total. The number of ether oxygens (including phenoxy) is 1. The fourth-order valence-electron chi connectivity index (χ4n) is 2.21. The van der Waals surface area contributed by atoms with Gasteiger partial charge in [-0.1, -0.05) is 60.7 Å². The summed E-state index contributed by atoms with van der Waals surface area (Å²) in [5.41, 5.74) is 1.83. The van der Waals surface area contributed by atoms with Gasteiger partial charge >= 0.3 is 6.09 Å². The van der Waals surface area contributed by atoms with Crippen LogP contribution in [0.3, 0.4) is 0 Å². The molecule has 0 aromatic heterocycles. The van der Waals surface area contributed by atoms with E-state index in [9.17, 15) is 14.4 Å². The molecule has 0 fully saturated rings. The topological polar surface area (TPSA) is 87.7 Å². The van der Waals surface area contributed by atoms with Crippen LogP contribution in [0.4, 0.5) is 4.79 Å². The van der Waals surface area contributed by atoms with Crippen molar-refractivity contribution >= 4 is 17.9 Å². The van der Waals surface area contributed by atoms with Crippen LogP contribution in [0, 0.1) is 0 Å². The molecule has 0 spiro atoms. The van der Waals surface area contributed by atoms with Crippen molar-refractivity contribution in [1.29, 1.82) is 0 Å². The Balaban J connectivity index is 1.64. The number of carbonyl (C=O) groups is 3. The molecule has 0 bridgehead atoms. The van der Waals surface area contributed by atoms with Gasteiger partial charge in [0.25, 0.3) is 0 Å². The zero-order chi connectivity index (χ0) is 19.5. The van der Waals surface area contributed by atoms with Crippen LogP contribution in [0.25, 0.3) is 0 Å². The highest BCUT2D eigenvalue weighted by Gasteiger charge is 2.14. The summed E-state index contributed by atoms with van der Waals surface area (Å²) in [5, 5.41) is 5.12. The van der Waals surface area contributed by atoms with E-state index in [1.54, 1.807) is 0 Å². The Labute approximate surface area is 158 Å². The van der Waals surface area contributed by atoms with E-state index in [0.29, 0.717) is 6.54 Å². The average Bonchev–Trinajstić information content (AvgIpc) is 2.70. The molecule has 27 heavy (non-hydrogen) atoms. The molecule has 0 aliphatic carbocycles. The summed E-state index contributed by atoms with van der Waals surface area (Å²) >= 11 is 0. The number of rotatable bonds is 8. The smallest absolute Gasteiger partial charge is 0.407 e. The standard InChI is InChI=1S/C20H23N3O4/c1-23(14-18(24)21-12-16-8-4-2-5-9-16)19(25)13-22-20(26)27-15-17-10-6-3-7-11-17/h2-11H,12-15H2,1H3,(H,21,24)(H,22,26). The van der Waals surface area contributed by atoms with Gasteiger partial charge < -0.3 is 20.3 Å². The van der Waals surface area contributed by atoms with Crippen LogP contribution >= 0.6 is 0 Å². The zero-order valence-electron chi connectivity index (χ0n) is 15.2. The molecule has 0 aliphatic rings. The lowest BCUT2D eigenvalue weighted by atomic mass is 10.2. The predicted molar refractivity (Wildman–Crippen MR) is 101 cm³/mol. The van der Waals surface area contributed by atoms with Gasteiger partial charge in [0, 0.05) is 13.6 Å². The summed E-state index contributed by atoms with van der Waals surface area (Å²) in [6.07, 6.45) is -0.686. The first-order valence-corrected chi connectivity index (χ1v) is 8.53. The molecule has 0 atom stereocenters. The van der Waals surface area contributed by atoms with Crippen LogP contribution in [-0.2, 0) is 27.5 Å². The van der Waals surface area contributed by atoms with Gasteiger partial charge in [0.1, 0.15) is 13.2 Å². The van der Waals surface area contributed by atoms with Gasteiger partial charge in [0.05, 0.1) is 6.54 Å². The number of hydrogen-bond donors (Lipinski definition) is 2. The number of carbonyl (C=O) groups excluding carboxylic acids is 3. The van der Waals surface area contributed by atoms with Crippen molar-refractivity contribution in [3.05, 3.63) is 71.8 Å². The minimum absolute atomic E-state index is 0.0909. The third kappa shape index (κ3) is 7.60. The largest absolute Gasteiger partial charge is 0.445 e. The van der Waals surface area contributed by atoms with Gasteiger partial charge in [-0.25, -0.2) is 4.79 Å². The molecule has 0 heterocycles. The second kappa shape index (κ2) is 10.6. The van der Waals surface area contributed by atoms with E-state index in [4.69, 9.17) is 4.74 Å². The molecule has 0 saturated heterocycles. The first-order chi connectivity index (χ1) is 13.0. The van der Waals surface area contributed by atoms with E-state index in [1.807, 2.05) is 60.7 Å². The number of amides is 3. The van der Waals surface area contributed by atoms with E-state index in [-0.39, 0.29) is 31.5 Å². The first kappa shape index (κ1) is 20.0. The molecule has 142 valence electrons. The molecule has 0 unspecified atom stereocenters. The van der Waals surface area contributed by atoms with Crippen molar-refractivity contribution in [3.63, 3.8) is 0 Å². The number of likely N-dealkylation sites (N-methyl/N-ethyl adjacent to an activating group) is 1. The molecule has 0 saturated carbocycles. The van der Waals surface area contributed by atoms with Gasteiger partial charge in [-0.2, -0.15) is 0 Å². The molecule has 2 rings (SSSR count). The van der Waals surface area contributed by atoms with Crippen LogP contribution in [0.5, 0.6) is 0 Å². The Hall–Kier alpha value is -3.35. The van der Waals surface area contributed by atoms with E-state index >= 15 is 0 Å². The van der Waals surface area contributed by atoms with Gasteiger partial charge in [-0.3, -0.25) is 9.59 Å². The summed E-state index contributed by atoms with van der Waals surface area (Å²) in [4.78, 5) is 36.8. The monoisotopic (exact) mass is 369 g/mol. The fraction of sp³-hybridized carbons (Fsp3) is 0.250. The van der Waals surface area contributed by atoms with Crippen molar-refractivity contribution in [2.75, 3.05) is 20.1 Å². The maximum atomic E-state index is 12.0. The van der Waals surface area contributed by atoms with Gasteiger partial charge in [-0.05, 0) is 11.1 Å². The molecule has 7 heteroatoms. The van der Waals surface area contributed by atoms with Crippen LogP contribution < -0.4 is 10.6 Å². The van der Waals surface area contributed by atoms with E-state index < -0.39 is 6.09 Å². The van der Waals surface area contributed by atoms with Gasteiger partial charge in [0.2, 0.25) is 11.8 Å². The molecule has 2 N–H and O–H groups in total. The third-order valence-electron chi connectivity index (χ3n) is 3.74. The highest BCUT2D eigenvalue weighted by molar-refractivity contribution is 5.87. The van der Waals surface area contributed by atoms with Crippen molar-refractivity contribution in [2.45, 2.75) is 13.2 Å². The number of nitrogens with one attached hydrogen (secondary N) is 2. The minimum Gasteiger partial charge on any atom is -0.445 e. The molecular weight excluding hydrogens is 346 g/mol. The average molecular weight is 369 g/mol. The maximum Gasteiger partial charge on any atom is 0.407 e. The minimum atomic E-state index is -0.686. The second-order valence-corrected chi connectivity index (χ2v) is 5.93. The Morgan fingerprint density at radius 3 is 2.11 bits per heavy atom. The number of benzene rings is 2. The summed E-state index contributed by atoms with van der Waals surface area (Å²) in [6.45, 7) is 0.187. The lowest BCUT2D eigenvalue weighted by molar-refractivity contribution is -0.134.